The van der Waals surface area contributed by atoms with Crippen LogP contribution in [0.5, 0.6) is 0 Å². The van der Waals surface area contributed by atoms with Gasteiger partial charge in [-0.15, -0.1) is 11.6 Å². The van der Waals surface area contributed by atoms with Gasteiger partial charge < -0.3 is 5.11 Å². The van der Waals surface area contributed by atoms with E-state index in [0.717, 1.165) is 0 Å². The molecule has 0 aliphatic rings. The molecule has 5 heteroatoms. The van der Waals surface area contributed by atoms with Crippen molar-refractivity contribution in [3.8, 4) is 0 Å². The molecule has 1 unspecified atom stereocenters. The van der Waals surface area contributed by atoms with Crippen molar-refractivity contribution in [2.24, 2.45) is 0 Å². The molecule has 80 valence electrons. The Labute approximate surface area is 100 Å². The van der Waals surface area contributed by atoms with Crippen LogP contribution in [-0.4, -0.2) is 22.2 Å². The maximum Gasteiger partial charge on any atom is 0.336 e. The summed E-state index contributed by atoms with van der Waals surface area (Å²) >= 11 is 8.77. The molecule has 0 aliphatic heterocycles. The smallest absolute Gasteiger partial charge is 0.336 e. The van der Waals surface area contributed by atoms with Gasteiger partial charge in [-0.2, -0.15) is 0 Å². The zero-order chi connectivity index (χ0) is 11.6. The van der Waals surface area contributed by atoms with Gasteiger partial charge in [0.2, 0.25) is 0 Å². The number of carboxylic acid groups (broad SMARTS) is 1. The van der Waals surface area contributed by atoms with Crippen LogP contribution in [0, 0.1) is 0 Å². The molecule has 0 bridgehead atoms. The number of alkyl halides is 1. The van der Waals surface area contributed by atoms with Crippen LogP contribution in [0.15, 0.2) is 22.7 Å². The average molecular weight is 292 g/mol. The minimum atomic E-state index is -1.14. The molecule has 0 fully saturated rings. The Balaban J connectivity index is 3.29. The third-order valence-electron chi connectivity index (χ3n) is 1.84. The van der Waals surface area contributed by atoms with Crippen molar-refractivity contribution in [3.05, 3.63) is 33.8 Å². The highest BCUT2D eigenvalue weighted by molar-refractivity contribution is 9.10. The van der Waals surface area contributed by atoms with Gasteiger partial charge in [0.25, 0.3) is 0 Å². The lowest BCUT2D eigenvalue weighted by atomic mass is 10.0. The SMILES string of the molecule is CC(Cl)C(=O)c1ccc(Br)cc1C(=O)O. The zero-order valence-electron chi connectivity index (χ0n) is 7.83. The molecule has 0 spiro atoms. The summed E-state index contributed by atoms with van der Waals surface area (Å²) in [5.74, 6) is -1.53. The van der Waals surface area contributed by atoms with E-state index in [4.69, 9.17) is 16.7 Å². The molecule has 0 saturated heterocycles. The largest absolute Gasteiger partial charge is 0.478 e. The minimum absolute atomic E-state index is 0.0399. The first-order valence-corrected chi connectivity index (χ1v) is 5.37. The van der Waals surface area contributed by atoms with E-state index in [1.807, 2.05) is 0 Å². The van der Waals surface area contributed by atoms with E-state index in [2.05, 4.69) is 15.9 Å². The Morgan fingerprint density at radius 2 is 2.00 bits per heavy atom. The molecule has 0 saturated carbocycles. The van der Waals surface area contributed by atoms with Gasteiger partial charge in [-0.3, -0.25) is 4.79 Å². The molecule has 1 atom stereocenters. The summed E-state index contributed by atoms with van der Waals surface area (Å²) in [7, 11) is 0. The predicted molar refractivity (Wildman–Crippen MR) is 60.7 cm³/mol. The summed E-state index contributed by atoms with van der Waals surface area (Å²) in [5.41, 5.74) is 0.0927. The zero-order valence-corrected chi connectivity index (χ0v) is 10.2. The van der Waals surface area contributed by atoms with Gasteiger partial charge in [0.05, 0.1) is 10.9 Å². The summed E-state index contributed by atoms with van der Waals surface area (Å²) in [6.07, 6.45) is 0. The molecule has 0 amide bonds. The number of hydrogen-bond donors (Lipinski definition) is 1. The number of carbonyl (C=O) groups is 2. The maximum atomic E-state index is 11.6. The fourth-order valence-corrected chi connectivity index (χ4v) is 1.60. The molecule has 1 aromatic carbocycles. The van der Waals surface area contributed by atoms with E-state index >= 15 is 0 Å². The van der Waals surface area contributed by atoms with Gasteiger partial charge in [-0.1, -0.05) is 15.9 Å². The van der Waals surface area contributed by atoms with Crippen LogP contribution in [0.3, 0.4) is 0 Å². The average Bonchev–Trinajstić information content (AvgIpc) is 2.16. The molecule has 15 heavy (non-hydrogen) atoms. The summed E-state index contributed by atoms with van der Waals surface area (Å²) < 4.78 is 0.610. The highest BCUT2D eigenvalue weighted by Crippen LogP contribution is 2.19. The van der Waals surface area contributed by atoms with E-state index in [1.165, 1.54) is 19.1 Å². The van der Waals surface area contributed by atoms with Crippen molar-refractivity contribution in [1.82, 2.24) is 0 Å². The molecule has 0 radical (unpaired) electrons. The molecular weight excluding hydrogens is 283 g/mol. The maximum absolute atomic E-state index is 11.6. The number of hydrogen-bond acceptors (Lipinski definition) is 2. The second-order valence-corrected chi connectivity index (χ2v) is 4.55. The molecular formula is C10H8BrClO3. The van der Waals surface area contributed by atoms with Crippen molar-refractivity contribution in [2.45, 2.75) is 12.3 Å². The standard InChI is InChI=1S/C10H8BrClO3/c1-5(12)9(13)7-3-2-6(11)4-8(7)10(14)15/h2-5H,1H3,(H,14,15). The van der Waals surface area contributed by atoms with E-state index < -0.39 is 11.3 Å². The quantitative estimate of drug-likeness (QED) is 0.688. The lowest BCUT2D eigenvalue weighted by Gasteiger charge is -2.06. The Hall–Kier alpha value is -0.870. The number of ketones is 1. The predicted octanol–water partition coefficient (Wildman–Crippen LogP) is 2.96. The highest BCUT2D eigenvalue weighted by atomic mass is 79.9. The normalized spacial score (nSPS) is 12.2. The number of rotatable bonds is 3. The molecule has 1 rings (SSSR count). The van der Waals surface area contributed by atoms with E-state index in [-0.39, 0.29) is 16.9 Å². The molecule has 3 nitrogen and oxygen atoms in total. The number of aromatic carboxylic acids is 1. The Bertz CT molecular complexity index is 415. The number of halogens is 2. The van der Waals surface area contributed by atoms with E-state index in [9.17, 15) is 9.59 Å². The van der Waals surface area contributed by atoms with Crippen molar-refractivity contribution in [2.75, 3.05) is 0 Å². The van der Waals surface area contributed by atoms with Crippen LogP contribution in [0.1, 0.15) is 27.6 Å². The van der Waals surface area contributed by atoms with Gasteiger partial charge in [-0.05, 0) is 25.1 Å². The first-order valence-electron chi connectivity index (χ1n) is 4.14. The second-order valence-electron chi connectivity index (χ2n) is 2.98. The summed E-state index contributed by atoms with van der Waals surface area (Å²) in [6.45, 7) is 1.51. The van der Waals surface area contributed by atoms with Crippen molar-refractivity contribution in [1.29, 1.82) is 0 Å². The van der Waals surface area contributed by atoms with Gasteiger partial charge in [-0.25, -0.2) is 4.79 Å². The Morgan fingerprint density at radius 1 is 1.40 bits per heavy atom. The first kappa shape index (κ1) is 12.2. The Kier molecular flexibility index (Phi) is 3.88. The second kappa shape index (κ2) is 4.77. The number of carboxylic acids is 1. The molecule has 1 N–H and O–H groups in total. The minimum Gasteiger partial charge on any atom is -0.478 e. The lowest BCUT2D eigenvalue weighted by Crippen LogP contribution is -2.15. The van der Waals surface area contributed by atoms with Crippen LogP contribution in [-0.2, 0) is 0 Å². The third-order valence-corrected chi connectivity index (χ3v) is 2.53. The van der Waals surface area contributed by atoms with E-state index in [0.29, 0.717) is 4.47 Å². The van der Waals surface area contributed by atoms with Crippen LogP contribution >= 0.6 is 27.5 Å². The van der Waals surface area contributed by atoms with Gasteiger partial charge in [0.15, 0.2) is 5.78 Å². The van der Waals surface area contributed by atoms with E-state index in [1.54, 1.807) is 6.07 Å². The van der Waals surface area contributed by atoms with Gasteiger partial charge >= 0.3 is 5.97 Å². The van der Waals surface area contributed by atoms with Crippen molar-refractivity contribution >= 4 is 39.3 Å². The highest BCUT2D eigenvalue weighted by Gasteiger charge is 2.19. The third kappa shape index (κ3) is 2.79. The Morgan fingerprint density at radius 3 is 2.47 bits per heavy atom. The molecule has 0 aliphatic carbocycles. The summed E-state index contributed by atoms with van der Waals surface area (Å²) in [4.78, 5) is 22.5. The van der Waals surface area contributed by atoms with Crippen LogP contribution in [0.4, 0.5) is 0 Å². The topological polar surface area (TPSA) is 54.4 Å². The fourth-order valence-electron chi connectivity index (χ4n) is 1.12. The monoisotopic (exact) mass is 290 g/mol. The molecule has 0 aromatic heterocycles. The van der Waals surface area contributed by atoms with Crippen molar-refractivity contribution in [3.63, 3.8) is 0 Å². The van der Waals surface area contributed by atoms with Crippen LogP contribution < -0.4 is 0 Å². The summed E-state index contributed by atoms with van der Waals surface area (Å²) in [5, 5.41) is 8.17. The first-order chi connectivity index (χ1) is 6.93. The van der Waals surface area contributed by atoms with Crippen molar-refractivity contribution < 1.29 is 14.7 Å². The van der Waals surface area contributed by atoms with Gasteiger partial charge in [0.1, 0.15) is 0 Å². The fraction of sp³-hybridized carbons (Fsp3) is 0.200. The van der Waals surface area contributed by atoms with Gasteiger partial charge in [0, 0.05) is 10.0 Å². The summed E-state index contributed by atoms with van der Waals surface area (Å²) in [6, 6.07) is 4.45. The molecule has 1 aromatic rings. The number of carbonyl (C=O) groups excluding carboxylic acids is 1. The lowest BCUT2D eigenvalue weighted by molar-refractivity contribution is 0.0692. The van der Waals surface area contributed by atoms with Crippen LogP contribution in [0.25, 0.3) is 0 Å². The molecule has 0 heterocycles. The number of benzene rings is 1. The number of Topliss-reactive ketones (excluding diaryl/α,β-unsaturated/α-hetero) is 1. The van der Waals surface area contributed by atoms with Crippen LogP contribution in [0.2, 0.25) is 0 Å².